The molecule has 0 bridgehead atoms. The van der Waals surface area contributed by atoms with Gasteiger partial charge in [0.1, 0.15) is 11.5 Å². The van der Waals surface area contributed by atoms with Crippen molar-refractivity contribution in [2.45, 2.75) is 26.2 Å². The Balaban J connectivity index is 2.34. The molecule has 0 saturated heterocycles. The molecule has 2 aromatic carbocycles. The van der Waals surface area contributed by atoms with E-state index in [9.17, 15) is 19.8 Å². The predicted molar refractivity (Wildman–Crippen MR) is 95.1 cm³/mol. The van der Waals surface area contributed by atoms with E-state index in [0.717, 1.165) is 11.6 Å². The van der Waals surface area contributed by atoms with E-state index in [1.165, 1.54) is 30.3 Å². The topological polar surface area (TPSA) is 94.8 Å². The number of carbonyl (C=O) groups excluding carboxylic acids is 1. The Hall–Kier alpha value is -3.08. The number of rotatable bonds is 4. The van der Waals surface area contributed by atoms with Crippen molar-refractivity contribution in [1.82, 2.24) is 0 Å². The lowest BCUT2D eigenvalue weighted by atomic mass is 9.85. The average Bonchev–Trinajstić information content (AvgIpc) is 2.54. The van der Waals surface area contributed by atoms with Crippen molar-refractivity contribution in [1.29, 1.82) is 0 Å². The Morgan fingerprint density at radius 3 is 2.00 bits per heavy atom. The number of carbonyl (C=O) groups is 2. The molecule has 0 aromatic heterocycles. The van der Waals surface area contributed by atoms with Crippen LogP contribution in [0.15, 0.2) is 48.5 Å². The highest BCUT2D eigenvalue weighted by Gasteiger charge is 2.18. The number of aliphatic hydroxyl groups is 1. The number of phenols is 1. The fourth-order valence-electron chi connectivity index (χ4n) is 2.27. The summed E-state index contributed by atoms with van der Waals surface area (Å²) in [4.78, 5) is 23.2. The number of phenolic OH excluding ortho intramolecular Hbond substituents is 1. The Labute approximate surface area is 145 Å². The second kappa shape index (κ2) is 6.81. The van der Waals surface area contributed by atoms with Gasteiger partial charge in [-0.15, -0.1) is 0 Å². The third kappa shape index (κ3) is 4.26. The highest BCUT2D eigenvalue weighted by Crippen LogP contribution is 2.28. The molecule has 0 atom stereocenters. The van der Waals surface area contributed by atoms with Crippen LogP contribution in [0.3, 0.4) is 0 Å². The lowest BCUT2D eigenvalue weighted by molar-refractivity contribution is 0.0696. The minimum atomic E-state index is -1.07. The average molecular weight is 340 g/mol. The second-order valence-electron chi connectivity index (χ2n) is 6.76. The van der Waals surface area contributed by atoms with Crippen LogP contribution in [0.4, 0.5) is 0 Å². The molecule has 0 unspecified atom stereocenters. The zero-order valence-corrected chi connectivity index (χ0v) is 14.3. The number of hydrogen-bond acceptors (Lipinski definition) is 4. The van der Waals surface area contributed by atoms with Gasteiger partial charge in [-0.2, -0.15) is 0 Å². The molecular formula is C20H20O5. The van der Waals surface area contributed by atoms with Crippen LogP contribution in [0.1, 0.15) is 52.6 Å². The normalized spacial score (nSPS) is 12.0. The molecule has 2 rings (SSSR count). The molecule has 3 N–H and O–H groups in total. The van der Waals surface area contributed by atoms with Gasteiger partial charge in [0.2, 0.25) is 0 Å². The van der Waals surface area contributed by atoms with Crippen LogP contribution in [-0.2, 0) is 5.41 Å². The predicted octanol–water partition coefficient (Wildman–Crippen LogP) is 4.17. The van der Waals surface area contributed by atoms with Crippen LogP contribution in [0.5, 0.6) is 5.75 Å². The summed E-state index contributed by atoms with van der Waals surface area (Å²) in [5, 5.41) is 28.9. The molecule has 0 amide bonds. The molecule has 0 fully saturated rings. The number of carboxylic acid groups (broad SMARTS) is 1. The van der Waals surface area contributed by atoms with Crippen LogP contribution < -0.4 is 0 Å². The number of ketones is 1. The molecule has 0 saturated carbocycles. The van der Waals surface area contributed by atoms with E-state index in [1.54, 1.807) is 12.1 Å². The number of hydrogen-bond donors (Lipinski definition) is 3. The maximum absolute atomic E-state index is 12.4. The first-order valence-electron chi connectivity index (χ1n) is 7.72. The maximum atomic E-state index is 12.4. The fourth-order valence-corrected chi connectivity index (χ4v) is 2.27. The summed E-state index contributed by atoms with van der Waals surface area (Å²) < 4.78 is 0. The lowest BCUT2D eigenvalue weighted by Gasteiger charge is -2.19. The van der Waals surface area contributed by atoms with Gasteiger partial charge in [0.05, 0.1) is 11.1 Å². The van der Waals surface area contributed by atoms with Gasteiger partial charge in [0.25, 0.3) is 0 Å². The standard InChI is InChI=1S/C20H20O5/c1-20(2,3)14-8-9-16(21)15(10-14)18(23)11-17(22)12-4-6-13(7-5-12)19(24)25/h4-11,21-22H,1-3H3,(H,24,25)/b17-11-. The summed E-state index contributed by atoms with van der Waals surface area (Å²) in [6.45, 7) is 5.97. The molecule has 0 radical (unpaired) electrons. The van der Waals surface area contributed by atoms with Gasteiger partial charge in [0.15, 0.2) is 5.78 Å². The quantitative estimate of drug-likeness (QED) is 0.441. The summed E-state index contributed by atoms with van der Waals surface area (Å²) in [5.74, 6) is -2.08. The first kappa shape index (κ1) is 18.3. The minimum Gasteiger partial charge on any atom is -0.507 e. The first-order chi connectivity index (χ1) is 11.6. The van der Waals surface area contributed by atoms with Crippen molar-refractivity contribution >= 4 is 17.5 Å². The van der Waals surface area contributed by atoms with Crippen molar-refractivity contribution < 1.29 is 24.9 Å². The SMILES string of the molecule is CC(C)(C)c1ccc(O)c(C(=O)/C=C(\O)c2ccc(C(=O)O)cc2)c1. The van der Waals surface area contributed by atoms with E-state index in [2.05, 4.69) is 0 Å². The molecule has 0 aliphatic heterocycles. The van der Waals surface area contributed by atoms with Gasteiger partial charge in [-0.3, -0.25) is 4.79 Å². The molecule has 130 valence electrons. The zero-order valence-electron chi connectivity index (χ0n) is 14.3. The Kier molecular flexibility index (Phi) is 4.97. The van der Waals surface area contributed by atoms with Crippen molar-refractivity contribution in [2.24, 2.45) is 0 Å². The van der Waals surface area contributed by atoms with E-state index in [-0.39, 0.29) is 28.1 Å². The summed E-state index contributed by atoms with van der Waals surface area (Å²) in [7, 11) is 0. The summed E-state index contributed by atoms with van der Waals surface area (Å²) in [6, 6.07) is 10.3. The van der Waals surface area contributed by atoms with Crippen molar-refractivity contribution in [3.8, 4) is 5.75 Å². The third-order valence-electron chi connectivity index (χ3n) is 3.82. The number of carboxylic acids is 1. The number of aliphatic hydroxyl groups excluding tert-OH is 1. The van der Waals surface area contributed by atoms with Crippen molar-refractivity contribution in [3.05, 3.63) is 70.8 Å². The number of allylic oxidation sites excluding steroid dienone is 1. The maximum Gasteiger partial charge on any atom is 0.335 e. The molecule has 0 aliphatic rings. The molecule has 5 heteroatoms. The lowest BCUT2D eigenvalue weighted by Crippen LogP contribution is -2.12. The van der Waals surface area contributed by atoms with Crippen molar-refractivity contribution in [3.63, 3.8) is 0 Å². The van der Waals surface area contributed by atoms with E-state index < -0.39 is 11.8 Å². The van der Waals surface area contributed by atoms with Crippen LogP contribution >= 0.6 is 0 Å². The Bertz CT molecular complexity index is 839. The highest BCUT2D eigenvalue weighted by atomic mass is 16.4. The van der Waals surface area contributed by atoms with Gasteiger partial charge < -0.3 is 15.3 Å². The molecule has 0 heterocycles. The third-order valence-corrected chi connectivity index (χ3v) is 3.82. The van der Waals surface area contributed by atoms with E-state index in [4.69, 9.17) is 5.11 Å². The van der Waals surface area contributed by atoms with Crippen LogP contribution in [0.2, 0.25) is 0 Å². The monoisotopic (exact) mass is 340 g/mol. The first-order valence-corrected chi connectivity index (χ1v) is 7.72. The highest BCUT2D eigenvalue weighted by molar-refractivity contribution is 6.09. The van der Waals surface area contributed by atoms with Gasteiger partial charge in [-0.05, 0) is 35.2 Å². The molecule has 25 heavy (non-hydrogen) atoms. The van der Waals surface area contributed by atoms with Crippen LogP contribution in [-0.4, -0.2) is 27.1 Å². The second-order valence-corrected chi connectivity index (χ2v) is 6.76. The van der Waals surface area contributed by atoms with Crippen molar-refractivity contribution in [2.75, 3.05) is 0 Å². The summed E-state index contributed by atoms with van der Waals surface area (Å²) >= 11 is 0. The molecule has 0 aliphatic carbocycles. The number of benzene rings is 2. The molecule has 0 spiro atoms. The van der Waals surface area contributed by atoms with Gasteiger partial charge in [-0.1, -0.05) is 39.0 Å². The minimum absolute atomic E-state index is 0.0819. The molecular weight excluding hydrogens is 320 g/mol. The van der Waals surface area contributed by atoms with Crippen LogP contribution in [0, 0.1) is 0 Å². The van der Waals surface area contributed by atoms with Gasteiger partial charge in [-0.25, -0.2) is 4.79 Å². The van der Waals surface area contributed by atoms with Crippen LogP contribution in [0.25, 0.3) is 5.76 Å². The van der Waals surface area contributed by atoms with Gasteiger partial charge >= 0.3 is 5.97 Å². The number of aromatic carboxylic acids is 1. The summed E-state index contributed by atoms with van der Waals surface area (Å²) in [6.07, 6.45) is 1.01. The smallest absolute Gasteiger partial charge is 0.335 e. The van der Waals surface area contributed by atoms with E-state index in [1.807, 2.05) is 20.8 Å². The molecule has 5 nitrogen and oxygen atoms in total. The Morgan fingerprint density at radius 2 is 1.48 bits per heavy atom. The largest absolute Gasteiger partial charge is 0.507 e. The Morgan fingerprint density at radius 1 is 0.920 bits per heavy atom. The molecule has 2 aromatic rings. The van der Waals surface area contributed by atoms with E-state index in [0.29, 0.717) is 5.56 Å². The zero-order chi connectivity index (χ0) is 18.8. The fraction of sp³-hybridized carbons (Fsp3) is 0.200. The van der Waals surface area contributed by atoms with E-state index >= 15 is 0 Å². The number of aromatic hydroxyl groups is 1. The summed E-state index contributed by atoms with van der Waals surface area (Å²) in [5.41, 5.74) is 1.18. The van der Waals surface area contributed by atoms with Gasteiger partial charge in [0, 0.05) is 11.6 Å².